The molecule has 1 rings (SSSR count). The molecule has 1 aliphatic heterocycles. The first-order valence-corrected chi connectivity index (χ1v) is 2.99. The van der Waals surface area contributed by atoms with Gasteiger partial charge in [0.05, 0.1) is 0 Å². The molecule has 0 unspecified atom stereocenters. The summed E-state index contributed by atoms with van der Waals surface area (Å²) in [6.07, 6.45) is 2.07. The predicted molar refractivity (Wildman–Crippen MR) is 35.0 cm³/mol. The van der Waals surface area contributed by atoms with E-state index in [1.54, 1.807) is 23.9 Å². The fourth-order valence-corrected chi connectivity index (χ4v) is 0.697. The van der Waals surface area contributed by atoms with Gasteiger partial charge in [-0.1, -0.05) is 0 Å². The van der Waals surface area contributed by atoms with Gasteiger partial charge in [-0.15, -0.1) is 0 Å². The van der Waals surface area contributed by atoms with Crippen molar-refractivity contribution in [1.82, 2.24) is 9.80 Å². The molecule has 1 heterocycles. The van der Waals surface area contributed by atoms with Gasteiger partial charge in [0.2, 0.25) is 0 Å². The normalized spacial score (nSPS) is 16.9. The van der Waals surface area contributed by atoms with Crippen LogP contribution in [0.3, 0.4) is 0 Å². The summed E-state index contributed by atoms with van der Waals surface area (Å²) in [5, 5.41) is 0. The third-order valence-electron chi connectivity index (χ3n) is 1.35. The monoisotopic (exact) mass is 127 g/mol. The van der Waals surface area contributed by atoms with Crippen molar-refractivity contribution in [1.29, 1.82) is 0 Å². The molecular weight excluding hydrogens is 116 g/mol. The average molecular weight is 127 g/mol. The van der Waals surface area contributed by atoms with Gasteiger partial charge in [0.1, 0.15) is 0 Å². The van der Waals surface area contributed by atoms with Crippen molar-refractivity contribution in [3.05, 3.63) is 6.42 Å². The topological polar surface area (TPSA) is 23.6 Å². The Labute approximate surface area is 55.2 Å². The van der Waals surface area contributed by atoms with Crippen molar-refractivity contribution in [2.75, 3.05) is 27.2 Å². The second-order valence-electron chi connectivity index (χ2n) is 2.37. The summed E-state index contributed by atoms with van der Waals surface area (Å²) < 4.78 is 0. The molecule has 3 nitrogen and oxygen atoms in total. The Balaban J connectivity index is 2.32. The van der Waals surface area contributed by atoms with Gasteiger partial charge in [-0.25, -0.2) is 4.79 Å². The number of amides is 2. The first kappa shape index (κ1) is 6.39. The molecule has 0 aliphatic carbocycles. The predicted octanol–water partition coefficient (Wildman–Crippen LogP) is 0.188. The van der Waals surface area contributed by atoms with Gasteiger partial charge >= 0.3 is 6.03 Å². The number of carbonyl (C=O) groups is 1. The molecule has 2 amide bonds. The second-order valence-corrected chi connectivity index (χ2v) is 2.37. The molecule has 1 radical (unpaired) electrons. The lowest BCUT2D eigenvalue weighted by atomic mass is 10.2. The Morgan fingerprint density at radius 1 is 1.56 bits per heavy atom. The van der Waals surface area contributed by atoms with Gasteiger partial charge in [0, 0.05) is 33.6 Å². The number of nitrogens with zero attached hydrogens (tertiary/aromatic N) is 2. The molecule has 9 heavy (non-hydrogen) atoms. The standard InChI is InChI=1S/C6H11N2O/c1-7(2)6(9)8-4-3-5-8/h3H,4-5H2,1-2H3. The summed E-state index contributed by atoms with van der Waals surface area (Å²) in [5.41, 5.74) is 0. The fourth-order valence-electron chi connectivity index (χ4n) is 0.697. The summed E-state index contributed by atoms with van der Waals surface area (Å²) in [6, 6.07) is 0.109. The Morgan fingerprint density at radius 3 is 2.22 bits per heavy atom. The van der Waals surface area contributed by atoms with Crippen molar-refractivity contribution in [2.45, 2.75) is 0 Å². The molecule has 0 aromatic heterocycles. The Kier molecular flexibility index (Phi) is 1.60. The number of hydrogen-bond donors (Lipinski definition) is 0. The van der Waals surface area contributed by atoms with Crippen molar-refractivity contribution < 1.29 is 4.79 Å². The minimum absolute atomic E-state index is 0.109. The van der Waals surface area contributed by atoms with E-state index in [-0.39, 0.29) is 6.03 Å². The quantitative estimate of drug-likeness (QED) is 0.455. The highest BCUT2D eigenvalue weighted by Crippen LogP contribution is 2.05. The maximum atomic E-state index is 11.0. The number of carbonyl (C=O) groups excluding carboxylic acids is 1. The summed E-state index contributed by atoms with van der Waals surface area (Å²) in [6.45, 7) is 1.63. The van der Waals surface area contributed by atoms with E-state index >= 15 is 0 Å². The molecular formula is C6H11N2O. The van der Waals surface area contributed by atoms with Crippen LogP contribution < -0.4 is 0 Å². The number of urea groups is 1. The molecule has 1 fully saturated rings. The van der Waals surface area contributed by atoms with Gasteiger partial charge in [0.25, 0.3) is 0 Å². The average Bonchev–Trinajstić information content (AvgIpc) is 1.60. The maximum absolute atomic E-state index is 11.0. The molecule has 3 heteroatoms. The number of rotatable bonds is 0. The summed E-state index contributed by atoms with van der Waals surface area (Å²) in [7, 11) is 3.53. The fraction of sp³-hybridized carbons (Fsp3) is 0.667. The van der Waals surface area contributed by atoms with E-state index in [0.29, 0.717) is 0 Å². The molecule has 0 spiro atoms. The number of hydrogen-bond acceptors (Lipinski definition) is 1. The van der Waals surface area contributed by atoms with Crippen LogP contribution in [-0.4, -0.2) is 43.0 Å². The Bertz CT molecular complexity index is 118. The van der Waals surface area contributed by atoms with Crippen molar-refractivity contribution in [3.8, 4) is 0 Å². The van der Waals surface area contributed by atoms with Gasteiger partial charge in [-0.3, -0.25) is 0 Å². The van der Waals surface area contributed by atoms with E-state index < -0.39 is 0 Å². The minimum Gasteiger partial charge on any atom is -0.331 e. The van der Waals surface area contributed by atoms with E-state index in [4.69, 9.17) is 0 Å². The molecule has 0 bridgehead atoms. The minimum atomic E-state index is 0.109. The van der Waals surface area contributed by atoms with E-state index in [0.717, 1.165) is 13.1 Å². The SMILES string of the molecule is CN(C)C(=O)N1C[CH]C1. The van der Waals surface area contributed by atoms with Crippen LogP contribution in [0.25, 0.3) is 0 Å². The molecule has 0 saturated carbocycles. The smallest absolute Gasteiger partial charge is 0.319 e. The lowest BCUT2D eigenvalue weighted by Gasteiger charge is -2.32. The van der Waals surface area contributed by atoms with E-state index in [2.05, 4.69) is 6.42 Å². The molecule has 0 aromatic rings. The van der Waals surface area contributed by atoms with Gasteiger partial charge < -0.3 is 9.80 Å². The van der Waals surface area contributed by atoms with Crippen LogP contribution in [0.1, 0.15) is 0 Å². The molecule has 51 valence electrons. The van der Waals surface area contributed by atoms with Gasteiger partial charge in [-0.05, 0) is 0 Å². The van der Waals surface area contributed by atoms with Crippen molar-refractivity contribution >= 4 is 6.03 Å². The van der Waals surface area contributed by atoms with E-state index in [9.17, 15) is 4.79 Å². The zero-order chi connectivity index (χ0) is 6.85. The van der Waals surface area contributed by atoms with Crippen LogP contribution >= 0.6 is 0 Å². The lowest BCUT2D eigenvalue weighted by molar-refractivity contribution is 0.162. The molecule has 0 aromatic carbocycles. The maximum Gasteiger partial charge on any atom is 0.319 e. The van der Waals surface area contributed by atoms with E-state index in [1.807, 2.05) is 0 Å². The largest absolute Gasteiger partial charge is 0.331 e. The zero-order valence-electron chi connectivity index (χ0n) is 5.79. The van der Waals surface area contributed by atoms with Crippen molar-refractivity contribution in [3.63, 3.8) is 0 Å². The van der Waals surface area contributed by atoms with Crippen LogP contribution in [0.5, 0.6) is 0 Å². The third kappa shape index (κ3) is 1.15. The van der Waals surface area contributed by atoms with Gasteiger partial charge in [-0.2, -0.15) is 0 Å². The summed E-state index contributed by atoms with van der Waals surface area (Å²) in [5.74, 6) is 0. The van der Waals surface area contributed by atoms with Crippen LogP contribution in [0, 0.1) is 6.42 Å². The van der Waals surface area contributed by atoms with Crippen molar-refractivity contribution in [2.24, 2.45) is 0 Å². The van der Waals surface area contributed by atoms with Crippen LogP contribution in [0.4, 0.5) is 4.79 Å². The third-order valence-corrected chi connectivity index (χ3v) is 1.35. The van der Waals surface area contributed by atoms with Gasteiger partial charge in [0.15, 0.2) is 0 Å². The first-order chi connectivity index (χ1) is 4.22. The highest BCUT2D eigenvalue weighted by Gasteiger charge is 2.21. The number of likely N-dealkylation sites (tertiary alicyclic amines) is 1. The van der Waals surface area contributed by atoms with E-state index in [1.165, 1.54) is 0 Å². The summed E-state index contributed by atoms with van der Waals surface area (Å²) in [4.78, 5) is 14.3. The molecule has 0 atom stereocenters. The Hall–Kier alpha value is -0.730. The first-order valence-electron chi connectivity index (χ1n) is 2.99. The molecule has 0 N–H and O–H groups in total. The summed E-state index contributed by atoms with van der Waals surface area (Å²) >= 11 is 0. The van der Waals surface area contributed by atoms with Crippen LogP contribution in [0.15, 0.2) is 0 Å². The molecule has 1 aliphatic rings. The second kappa shape index (κ2) is 2.25. The molecule has 1 saturated heterocycles. The highest BCUT2D eigenvalue weighted by molar-refractivity contribution is 5.75. The Morgan fingerprint density at radius 2 is 2.11 bits per heavy atom. The zero-order valence-corrected chi connectivity index (χ0v) is 5.79. The highest BCUT2D eigenvalue weighted by atomic mass is 16.2. The lowest BCUT2D eigenvalue weighted by Crippen LogP contribution is -2.47. The van der Waals surface area contributed by atoms with Crippen LogP contribution in [-0.2, 0) is 0 Å². The van der Waals surface area contributed by atoms with Crippen LogP contribution in [0.2, 0.25) is 0 Å².